The molecule has 1 aromatic heterocycles. The van der Waals surface area contributed by atoms with Gasteiger partial charge < -0.3 is 14.6 Å². The van der Waals surface area contributed by atoms with E-state index in [1.165, 1.54) is 19.2 Å². The van der Waals surface area contributed by atoms with Crippen molar-refractivity contribution in [1.29, 1.82) is 0 Å². The van der Waals surface area contributed by atoms with Crippen LogP contribution in [0.1, 0.15) is 11.1 Å². The van der Waals surface area contributed by atoms with Crippen molar-refractivity contribution < 1.29 is 17.9 Å². The number of hydrogen-bond donors (Lipinski definition) is 1. The maximum Gasteiger partial charge on any atom is 0.417 e. The number of amidine groups is 1. The number of aromatic amines is 1. The van der Waals surface area contributed by atoms with Crippen LogP contribution >= 0.6 is 0 Å². The molecule has 0 atom stereocenters. The first-order chi connectivity index (χ1) is 15.2. The van der Waals surface area contributed by atoms with Gasteiger partial charge in [0.1, 0.15) is 11.6 Å². The van der Waals surface area contributed by atoms with Crippen LogP contribution in [0.5, 0.6) is 5.75 Å². The van der Waals surface area contributed by atoms with Crippen LogP contribution in [0.4, 0.5) is 13.2 Å². The number of halogens is 3. The minimum atomic E-state index is -4.69. The number of ether oxygens (including phenoxy) is 1. The van der Waals surface area contributed by atoms with Crippen molar-refractivity contribution >= 4 is 16.7 Å². The van der Waals surface area contributed by atoms with Crippen LogP contribution in [0, 0.1) is 0 Å². The molecule has 0 radical (unpaired) electrons. The highest BCUT2D eigenvalue weighted by atomic mass is 19.4. The lowest BCUT2D eigenvalue weighted by Crippen LogP contribution is -2.27. The third-order valence-electron chi connectivity index (χ3n) is 5.54. The molecule has 32 heavy (non-hydrogen) atoms. The van der Waals surface area contributed by atoms with E-state index in [4.69, 9.17) is 4.74 Å². The standard InChI is InChI=1S/C23H20F3N3O3/c1-29-11-10-27-18(29)12-15-19(13-6-8-14(32-2)9-7-13)21(30)22(31)28-17-5-3-4-16(20(15)17)23(24,25)26/h3-9H,10-12H2,1-2H3,(H,28,30,31). The monoisotopic (exact) mass is 443 g/mol. The predicted octanol–water partition coefficient (Wildman–Crippen LogP) is 3.47. The number of fused-ring (bicyclic) bond motifs is 1. The maximum absolute atomic E-state index is 14.0. The minimum Gasteiger partial charge on any atom is -0.497 e. The Bertz CT molecular complexity index is 1330. The summed E-state index contributed by atoms with van der Waals surface area (Å²) in [7, 11) is 3.27. The molecule has 1 aliphatic heterocycles. The SMILES string of the molecule is COc1ccc(-c2c(CC3=NCCN3C)c3c(C(F)(F)F)cccc3[nH]c(=O)c2=O)cc1. The molecular formula is C23H20F3N3O3. The second kappa shape index (κ2) is 8.14. The fraction of sp³-hybridized carbons (Fsp3) is 0.261. The van der Waals surface area contributed by atoms with Crippen LogP contribution < -0.4 is 15.7 Å². The van der Waals surface area contributed by atoms with Crippen LogP contribution in [0.2, 0.25) is 0 Å². The van der Waals surface area contributed by atoms with Gasteiger partial charge in [-0.15, -0.1) is 0 Å². The Balaban J connectivity index is 2.17. The van der Waals surface area contributed by atoms with Crippen molar-refractivity contribution in [2.75, 3.05) is 27.2 Å². The number of hydrogen-bond acceptors (Lipinski definition) is 5. The number of nitrogens with zero attached hydrogens (tertiary/aromatic N) is 2. The lowest BCUT2D eigenvalue weighted by molar-refractivity contribution is -0.136. The zero-order valence-electron chi connectivity index (χ0n) is 17.4. The van der Waals surface area contributed by atoms with Crippen molar-refractivity contribution in [3.8, 4) is 16.9 Å². The average Bonchev–Trinajstić information content (AvgIpc) is 3.12. The van der Waals surface area contributed by atoms with E-state index in [9.17, 15) is 22.8 Å². The molecule has 166 valence electrons. The molecular weight excluding hydrogens is 423 g/mol. The molecule has 0 fully saturated rings. The molecule has 1 N–H and O–H groups in total. The molecule has 2 heterocycles. The largest absolute Gasteiger partial charge is 0.497 e. The van der Waals surface area contributed by atoms with Gasteiger partial charge in [0.25, 0.3) is 11.0 Å². The predicted molar refractivity (Wildman–Crippen MR) is 116 cm³/mol. The number of H-pyrrole nitrogens is 1. The van der Waals surface area contributed by atoms with Crippen molar-refractivity contribution in [2.45, 2.75) is 12.6 Å². The molecule has 0 bridgehead atoms. The fourth-order valence-electron chi connectivity index (χ4n) is 3.94. The third kappa shape index (κ3) is 3.86. The van der Waals surface area contributed by atoms with Gasteiger partial charge in [-0.05, 0) is 35.4 Å². The van der Waals surface area contributed by atoms with Gasteiger partial charge in [-0.2, -0.15) is 13.2 Å². The number of methoxy groups -OCH3 is 1. The number of aromatic nitrogens is 1. The van der Waals surface area contributed by atoms with Crippen molar-refractivity contribution in [3.05, 3.63) is 74.2 Å². The molecule has 1 aliphatic rings. The molecule has 0 amide bonds. The van der Waals surface area contributed by atoms with E-state index in [0.717, 1.165) is 6.07 Å². The van der Waals surface area contributed by atoms with Gasteiger partial charge in [-0.25, -0.2) is 0 Å². The van der Waals surface area contributed by atoms with E-state index >= 15 is 0 Å². The van der Waals surface area contributed by atoms with Gasteiger partial charge in [0.05, 0.1) is 19.2 Å². The first-order valence-electron chi connectivity index (χ1n) is 9.89. The first kappa shape index (κ1) is 21.6. The normalized spacial score (nSPS) is 14.0. The molecule has 2 aromatic carbocycles. The van der Waals surface area contributed by atoms with E-state index < -0.39 is 22.7 Å². The summed E-state index contributed by atoms with van der Waals surface area (Å²) in [4.78, 5) is 34.4. The average molecular weight is 443 g/mol. The summed E-state index contributed by atoms with van der Waals surface area (Å²) in [6.45, 7) is 1.13. The second-order valence-corrected chi connectivity index (χ2v) is 7.49. The summed E-state index contributed by atoms with van der Waals surface area (Å²) in [5.41, 5.74) is -2.53. The Morgan fingerprint density at radius 2 is 1.84 bits per heavy atom. The Hall–Kier alpha value is -3.62. The number of nitrogens with one attached hydrogen (secondary N) is 1. The fourth-order valence-corrected chi connectivity index (χ4v) is 3.94. The Labute approximate surface area is 181 Å². The lowest BCUT2D eigenvalue weighted by Gasteiger charge is -2.18. The first-order valence-corrected chi connectivity index (χ1v) is 9.89. The highest BCUT2D eigenvalue weighted by Crippen LogP contribution is 2.38. The van der Waals surface area contributed by atoms with Crippen molar-refractivity contribution in [3.63, 3.8) is 0 Å². The zero-order valence-corrected chi connectivity index (χ0v) is 17.4. The number of rotatable bonds is 4. The zero-order chi connectivity index (χ0) is 23.0. The van der Waals surface area contributed by atoms with Crippen LogP contribution in [-0.2, 0) is 12.6 Å². The third-order valence-corrected chi connectivity index (χ3v) is 5.54. The van der Waals surface area contributed by atoms with E-state index in [1.807, 2.05) is 4.90 Å². The summed E-state index contributed by atoms with van der Waals surface area (Å²) in [6, 6.07) is 9.82. The molecule has 0 saturated carbocycles. The van der Waals surface area contributed by atoms with E-state index in [1.54, 1.807) is 31.3 Å². The van der Waals surface area contributed by atoms with Gasteiger partial charge in [0, 0.05) is 36.5 Å². The quantitative estimate of drug-likeness (QED) is 0.627. The summed E-state index contributed by atoms with van der Waals surface area (Å²) >= 11 is 0. The topological polar surface area (TPSA) is 74.8 Å². The lowest BCUT2D eigenvalue weighted by atomic mass is 9.93. The molecule has 0 saturated heterocycles. The van der Waals surface area contributed by atoms with Crippen LogP contribution in [0.3, 0.4) is 0 Å². The molecule has 3 aromatic rings. The number of likely N-dealkylation sites (N-methyl/N-ethyl adjacent to an activating group) is 1. The number of alkyl halides is 3. The highest BCUT2D eigenvalue weighted by Gasteiger charge is 2.34. The van der Waals surface area contributed by atoms with Gasteiger partial charge >= 0.3 is 6.18 Å². The number of benzene rings is 2. The second-order valence-electron chi connectivity index (χ2n) is 7.49. The molecule has 4 rings (SSSR count). The van der Waals surface area contributed by atoms with Gasteiger partial charge in [0.2, 0.25) is 0 Å². The van der Waals surface area contributed by atoms with E-state index in [-0.39, 0.29) is 28.5 Å². The molecule has 6 nitrogen and oxygen atoms in total. The summed E-state index contributed by atoms with van der Waals surface area (Å²) in [5, 5.41) is -0.215. The Morgan fingerprint density at radius 3 is 2.44 bits per heavy atom. The van der Waals surface area contributed by atoms with Gasteiger partial charge in [-0.1, -0.05) is 18.2 Å². The van der Waals surface area contributed by atoms with Crippen LogP contribution in [-0.4, -0.2) is 43.0 Å². The number of aliphatic imine (C=N–C) groups is 1. The summed E-state index contributed by atoms with van der Waals surface area (Å²) in [6.07, 6.45) is -4.72. The van der Waals surface area contributed by atoms with Crippen LogP contribution in [0.25, 0.3) is 22.0 Å². The minimum absolute atomic E-state index is 0.0291. The van der Waals surface area contributed by atoms with Crippen molar-refractivity contribution in [2.24, 2.45) is 4.99 Å². The molecule has 0 unspecified atom stereocenters. The molecule has 0 aliphatic carbocycles. The van der Waals surface area contributed by atoms with Crippen molar-refractivity contribution in [1.82, 2.24) is 9.88 Å². The van der Waals surface area contributed by atoms with Crippen LogP contribution in [0.15, 0.2) is 57.0 Å². The molecule has 9 heteroatoms. The van der Waals surface area contributed by atoms with E-state index in [2.05, 4.69) is 9.98 Å². The maximum atomic E-state index is 14.0. The smallest absolute Gasteiger partial charge is 0.417 e. The Kier molecular flexibility index (Phi) is 5.50. The summed E-state index contributed by atoms with van der Waals surface area (Å²) < 4.78 is 47.2. The highest BCUT2D eigenvalue weighted by molar-refractivity contribution is 5.96. The Morgan fingerprint density at radius 1 is 1.12 bits per heavy atom. The summed E-state index contributed by atoms with van der Waals surface area (Å²) in [5.74, 6) is 1.06. The molecule has 0 spiro atoms. The van der Waals surface area contributed by atoms with E-state index in [0.29, 0.717) is 30.2 Å². The van der Waals surface area contributed by atoms with Gasteiger partial charge in [-0.3, -0.25) is 14.6 Å². The van der Waals surface area contributed by atoms with Gasteiger partial charge in [0.15, 0.2) is 0 Å².